The van der Waals surface area contributed by atoms with Crippen molar-refractivity contribution in [2.45, 2.75) is 6.42 Å². The fourth-order valence-electron chi connectivity index (χ4n) is 2.69. The summed E-state index contributed by atoms with van der Waals surface area (Å²) in [5.74, 6) is -0.290. The number of rotatable bonds is 4. The topological polar surface area (TPSA) is 26.3 Å². The Morgan fingerprint density at radius 3 is 2.39 bits per heavy atom. The molecule has 2 nitrogen and oxygen atoms in total. The minimum Gasteiger partial charge on any atom is -0.466 e. The first kappa shape index (κ1) is 15.0. The molecule has 0 unspecified atom stereocenters. The SMILES string of the molecule is COC(=O)/C(=C/c1cccc2ccccc12)Cc1ccccc1. The summed E-state index contributed by atoms with van der Waals surface area (Å²) in [4.78, 5) is 12.2. The lowest BCUT2D eigenvalue weighted by molar-refractivity contribution is -0.136. The fraction of sp³-hybridized carbons (Fsp3) is 0.0952. The van der Waals surface area contributed by atoms with Gasteiger partial charge < -0.3 is 4.74 Å². The number of fused-ring (bicyclic) bond motifs is 1. The van der Waals surface area contributed by atoms with Crippen molar-refractivity contribution in [3.8, 4) is 0 Å². The Hall–Kier alpha value is -2.87. The van der Waals surface area contributed by atoms with Crippen LogP contribution in [0, 0.1) is 0 Å². The highest BCUT2D eigenvalue weighted by molar-refractivity contribution is 5.98. The Morgan fingerprint density at radius 1 is 0.913 bits per heavy atom. The smallest absolute Gasteiger partial charge is 0.334 e. The fourth-order valence-corrected chi connectivity index (χ4v) is 2.69. The van der Waals surface area contributed by atoms with Gasteiger partial charge in [0.2, 0.25) is 0 Å². The highest BCUT2D eigenvalue weighted by Crippen LogP contribution is 2.22. The van der Waals surface area contributed by atoms with Crippen LogP contribution >= 0.6 is 0 Å². The standard InChI is InChI=1S/C21H18O2/c1-23-21(22)19(14-16-8-3-2-4-9-16)15-18-12-7-11-17-10-5-6-13-20(17)18/h2-13,15H,14H2,1H3/b19-15+. The van der Waals surface area contributed by atoms with Crippen LogP contribution in [0.5, 0.6) is 0 Å². The van der Waals surface area contributed by atoms with E-state index in [9.17, 15) is 4.79 Å². The van der Waals surface area contributed by atoms with Gasteiger partial charge in [-0.1, -0.05) is 72.8 Å². The van der Waals surface area contributed by atoms with Crippen molar-refractivity contribution in [1.82, 2.24) is 0 Å². The lowest BCUT2D eigenvalue weighted by Crippen LogP contribution is -2.07. The molecule has 3 rings (SSSR count). The van der Waals surface area contributed by atoms with E-state index in [4.69, 9.17) is 4.74 Å². The molecule has 0 aliphatic carbocycles. The maximum absolute atomic E-state index is 12.2. The van der Waals surface area contributed by atoms with Gasteiger partial charge in [-0.25, -0.2) is 4.79 Å². The number of hydrogen-bond acceptors (Lipinski definition) is 2. The second kappa shape index (κ2) is 6.93. The molecule has 0 aromatic heterocycles. The molecule has 0 heterocycles. The van der Waals surface area contributed by atoms with Crippen LogP contribution in [-0.2, 0) is 16.0 Å². The van der Waals surface area contributed by atoms with Crippen LogP contribution in [0.15, 0.2) is 78.4 Å². The summed E-state index contributed by atoms with van der Waals surface area (Å²) in [5.41, 5.74) is 2.76. The normalized spacial score (nSPS) is 11.4. The zero-order valence-electron chi connectivity index (χ0n) is 13.0. The van der Waals surface area contributed by atoms with Crippen LogP contribution in [-0.4, -0.2) is 13.1 Å². The molecular weight excluding hydrogens is 284 g/mol. The molecule has 0 bridgehead atoms. The van der Waals surface area contributed by atoms with Crippen molar-refractivity contribution in [2.24, 2.45) is 0 Å². The minimum atomic E-state index is -0.290. The molecule has 0 amide bonds. The molecule has 3 aromatic rings. The third-order valence-electron chi connectivity index (χ3n) is 3.84. The lowest BCUT2D eigenvalue weighted by atomic mass is 9.99. The highest BCUT2D eigenvalue weighted by Gasteiger charge is 2.11. The van der Waals surface area contributed by atoms with Gasteiger partial charge in [0, 0.05) is 12.0 Å². The van der Waals surface area contributed by atoms with Crippen molar-refractivity contribution in [3.05, 3.63) is 89.5 Å². The maximum atomic E-state index is 12.2. The van der Waals surface area contributed by atoms with Gasteiger partial charge in [-0.05, 0) is 28.0 Å². The number of benzene rings is 3. The molecule has 0 N–H and O–H groups in total. The minimum absolute atomic E-state index is 0.290. The van der Waals surface area contributed by atoms with Gasteiger partial charge >= 0.3 is 5.97 Å². The molecule has 0 spiro atoms. The summed E-state index contributed by atoms with van der Waals surface area (Å²) in [6.45, 7) is 0. The van der Waals surface area contributed by atoms with E-state index >= 15 is 0 Å². The average Bonchev–Trinajstić information content (AvgIpc) is 2.61. The van der Waals surface area contributed by atoms with Gasteiger partial charge in [-0.2, -0.15) is 0 Å². The zero-order chi connectivity index (χ0) is 16.1. The highest BCUT2D eigenvalue weighted by atomic mass is 16.5. The van der Waals surface area contributed by atoms with Crippen molar-refractivity contribution >= 4 is 22.8 Å². The van der Waals surface area contributed by atoms with E-state index in [1.807, 2.05) is 60.7 Å². The van der Waals surface area contributed by atoms with Gasteiger partial charge in [0.15, 0.2) is 0 Å². The Kier molecular flexibility index (Phi) is 4.53. The van der Waals surface area contributed by atoms with Crippen molar-refractivity contribution in [1.29, 1.82) is 0 Å². The van der Waals surface area contributed by atoms with E-state index in [2.05, 4.69) is 18.2 Å². The van der Waals surface area contributed by atoms with E-state index in [-0.39, 0.29) is 5.97 Å². The molecule has 23 heavy (non-hydrogen) atoms. The summed E-state index contributed by atoms with van der Waals surface area (Å²) in [7, 11) is 1.42. The van der Waals surface area contributed by atoms with Crippen LogP contribution in [0.2, 0.25) is 0 Å². The Balaban J connectivity index is 2.04. The molecule has 0 fully saturated rings. The molecule has 0 saturated carbocycles. The molecule has 0 radical (unpaired) electrons. The molecule has 114 valence electrons. The predicted molar refractivity (Wildman–Crippen MR) is 94.1 cm³/mol. The van der Waals surface area contributed by atoms with Gasteiger partial charge in [-0.15, -0.1) is 0 Å². The van der Waals surface area contributed by atoms with Gasteiger partial charge in [0.1, 0.15) is 0 Å². The van der Waals surface area contributed by atoms with Crippen molar-refractivity contribution in [2.75, 3.05) is 7.11 Å². The summed E-state index contributed by atoms with van der Waals surface area (Å²) in [5, 5.41) is 2.29. The number of hydrogen-bond donors (Lipinski definition) is 0. The van der Waals surface area contributed by atoms with Crippen LogP contribution in [0.25, 0.3) is 16.8 Å². The number of esters is 1. The molecule has 0 aliphatic rings. The predicted octanol–water partition coefficient (Wildman–Crippen LogP) is 4.64. The molecule has 0 atom stereocenters. The van der Waals surface area contributed by atoms with Crippen LogP contribution in [0.3, 0.4) is 0 Å². The first-order valence-electron chi connectivity index (χ1n) is 7.58. The van der Waals surface area contributed by atoms with Gasteiger partial charge in [-0.3, -0.25) is 0 Å². The van der Waals surface area contributed by atoms with Crippen LogP contribution in [0.1, 0.15) is 11.1 Å². The van der Waals surface area contributed by atoms with Crippen LogP contribution in [0.4, 0.5) is 0 Å². The summed E-state index contributed by atoms with van der Waals surface area (Å²) < 4.78 is 4.96. The van der Waals surface area contributed by atoms with E-state index in [1.165, 1.54) is 7.11 Å². The third-order valence-corrected chi connectivity index (χ3v) is 3.84. The summed E-state index contributed by atoms with van der Waals surface area (Å²) >= 11 is 0. The number of ether oxygens (including phenoxy) is 1. The summed E-state index contributed by atoms with van der Waals surface area (Å²) in [6.07, 6.45) is 2.48. The molecular formula is C21H18O2. The third kappa shape index (κ3) is 3.49. The Labute approximate surface area is 136 Å². The second-order valence-corrected chi connectivity index (χ2v) is 5.39. The molecule has 2 heteroatoms. The maximum Gasteiger partial charge on any atom is 0.334 e. The molecule has 0 saturated heterocycles. The van der Waals surface area contributed by atoms with Crippen molar-refractivity contribution < 1.29 is 9.53 Å². The number of carbonyl (C=O) groups excluding carboxylic acids is 1. The van der Waals surface area contributed by atoms with Crippen LogP contribution < -0.4 is 0 Å². The quantitative estimate of drug-likeness (QED) is 0.518. The van der Waals surface area contributed by atoms with E-state index < -0.39 is 0 Å². The zero-order valence-corrected chi connectivity index (χ0v) is 13.0. The van der Waals surface area contributed by atoms with Gasteiger partial charge in [0.05, 0.1) is 7.11 Å². The summed E-state index contributed by atoms with van der Waals surface area (Å²) in [6, 6.07) is 24.2. The second-order valence-electron chi connectivity index (χ2n) is 5.39. The molecule has 3 aromatic carbocycles. The lowest BCUT2D eigenvalue weighted by Gasteiger charge is -2.08. The first-order chi connectivity index (χ1) is 11.3. The first-order valence-corrected chi connectivity index (χ1v) is 7.58. The van der Waals surface area contributed by atoms with E-state index in [0.29, 0.717) is 12.0 Å². The average molecular weight is 302 g/mol. The van der Waals surface area contributed by atoms with Gasteiger partial charge in [0.25, 0.3) is 0 Å². The monoisotopic (exact) mass is 302 g/mol. The van der Waals surface area contributed by atoms with E-state index in [1.54, 1.807) is 0 Å². The largest absolute Gasteiger partial charge is 0.466 e. The Bertz CT molecular complexity index is 843. The number of methoxy groups -OCH3 is 1. The molecule has 0 aliphatic heterocycles. The number of carbonyl (C=O) groups is 1. The Morgan fingerprint density at radius 2 is 1.61 bits per heavy atom. The van der Waals surface area contributed by atoms with E-state index in [0.717, 1.165) is 21.9 Å². The van der Waals surface area contributed by atoms with Crippen molar-refractivity contribution in [3.63, 3.8) is 0 Å².